The van der Waals surface area contributed by atoms with Gasteiger partial charge in [0, 0.05) is 11.9 Å². The van der Waals surface area contributed by atoms with Crippen LogP contribution in [-0.2, 0) is 6.42 Å². The average Bonchev–Trinajstić information content (AvgIpc) is 2.56. The number of pyridine rings is 1. The van der Waals surface area contributed by atoms with Gasteiger partial charge in [0.1, 0.15) is 0 Å². The Balaban J connectivity index is 0.00000484. The molecule has 1 aromatic heterocycles. The molecule has 1 rings (SSSR count). The van der Waals surface area contributed by atoms with Crippen LogP contribution in [0.5, 0.6) is 0 Å². The number of aromatic nitrogens is 1. The van der Waals surface area contributed by atoms with E-state index in [-0.39, 0.29) is 4.70 Å². The largest absolute Gasteiger partial charge is 0.269 e. The summed E-state index contributed by atoms with van der Waals surface area (Å²) in [4.78, 5) is 4.38. The smallest absolute Gasteiger partial charge is 0.0403 e. The summed E-state index contributed by atoms with van der Waals surface area (Å²) >= 11 is 0. The zero-order valence-corrected chi connectivity index (χ0v) is 15.3. The Kier molecular flexibility index (Phi) is 16.7. The average molecular weight is 324 g/mol. The van der Waals surface area contributed by atoms with Gasteiger partial charge in [-0.3, -0.25) is 9.69 Å². The summed E-state index contributed by atoms with van der Waals surface area (Å²) in [5.41, 5.74) is 1.25. The SMILES string of the molecule is CCCCCCCCCCCCCCCCc1ccccn1.F. The van der Waals surface area contributed by atoms with Crippen molar-refractivity contribution in [1.29, 1.82) is 0 Å². The Hall–Kier alpha value is -0.920. The van der Waals surface area contributed by atoms with Gasteiger partial charge in [0.15, 0.2) is 0 Å². The minimum Gasteiger partial charge on any atom is -0.269 e. The van der Waals surface area contributed by atoms with Crippen LogP contribution in [0.15, 0.2) is 24.4 Å². The highest BCUT2D eigenvalue weighted by Gasteiger charge is 1.95. The van der Waals surface area contributed by atoms with Gasteiger partial charge in [-0.05, 0) is 25.0 Å². The summed E-state index contributed by atoms with van der Waals surface area (Å²) in [7, 11) is 0. The Morgan fingerprint density at radius 2 is 1.13 bits per heavy atom. The Morgan fingerprint density at radius 1 is 0.652 bits per heavy atom. The molecular weight excluding hydrogens is 285 g/mol. The maximum atomic E-state index is 4.38. The first-order valence-corrected chi connectivity index (χ1v) is 9.83. The summed E-state index contributed by atoms with van der Waals surface area (Å²) in [6.45, 7) is 2.29. The second-order valence-corrected chi connectivity index (χ2v) is 6.67. The van der Waals surface area contributed by atoms with E-state index >= 15 is 0 Å². The third kappa shape index (κ3) is 14.4. The Bertz CT molecular complexity index is 326. The summed E-state index contributed by atoms with van der Waals surface area (Å²) in [6, 6.07) is 6.23. The molecule has 0 aliphatic heterocycles. The van der Waals surface area contributed by atoms with E-state index in [1.165, 1.54) is 95.6 Å². The van der Waals surface area contributed by atoms with Crippen molar-refractivity contribution in [2.24, 2.45) is 0 Å². The van der Waals surface area contributed by atoms with Crippen molar-refractivity contribution >= 4 is 0 Å². The minimum atomic E-state index is 0. The fourth-order valence-corrected chi connectivity index (χ4v) is 3.05. The van der Waals surface area contributed by atoms with Gasteiger partial charge in [-0.15, -0.1) is 0 Å². The lowest BCUT2D eigenvalue weighted by Crippen LogP contribution is -1.89. The van der Waals surface area contributed by atoms with Gasteiger partial charge < -0.3 is 0 Å². The Labute approximate surface area is 143 Å². The Morgan fingerprint density at radius 3 is 1.57 bits per heavy atom. The second-order valence-electron chi connectivity index (χ2n) is 6.67. The summed E-state index contributed by atoms with van der Waals surface area (Å²) in [5.74, 6) is 0. The van der Waals surface area contributed by atoms with Crippen LogP contribution in [0.25, 0.3) is 0 Å². The van der Waals surface area contributed by atoms with Crippen LogP contribution in [0, 0.1) is 0 Å². The number of aryl methyl sites for hydroxylation is 1. The molecule has 1 aromatic rings. The van der Waals surface area contributed by atoms with Crippen molar-refractivity contribution in [1.82, 2.24) is 4.98 Å². The van der Waals surface area contributed by atoms with E-state index in [1.807, 2.05) is 12.3 Å². The lowest BCUT2D eigenvalue weighted by molar-refractivity contribution is 0.535. The van der Waals surface area contributed by atoms with Crippen molar-refractivity contribution in [3.8, 4) is 0 Å². The molecule has 1 heterocycles. The topological polar surface area (TPSA) is 12.9 Å². The lowest BCUT2D eigenvalue weighted by Gasteiger charge is -2.03. The third-order valence-corrected chi connectivity index (χ3v) is 4.51. The van der Waals surface area contributed by atoms with Gasteiger partial charge in [0.25, 0.3) is 0 Å². The van der Waals surface area contributed by atoms with E-state index in [1.54, 1.807) is 0 Å². The fourth-order valence-electron chi connectivity index (χ4n) is 3.05. The zero-order valence-electron chi connectivity index (χ0n) is 15.3. The zero-order chi connectivity index (χ0) is 15.7. The minimum absolute atomic E-state index is 0. The van der Waals surface area contributed by atoms with Crippen molar-refractivity contribution in [2.45, 2.75) is 103 Å². The van der Waals surface area contributed by atoms with E-state index in [4.69, 9.17) is 0 Å². The quantitative estimate of drug-likeness (QED) is 0.309. The van der Waals surface area contributed by atoms with Crippen LogP contribution in [0.2, 0.25) is 0 Å². The maximum Gasteiger partial charge on any atom is 0.0403 e. The molecule has 23 heavy (non-hydrogen) atoms. The normalized spacial score (nSPS) is 10.5. The second kappa shape index (κ2) is 17.4. The molecule has 0 N–H and O–H groups in total. The van der Waals surface area contributed by atoms with Crippen LogP contribution in [0.1, 0.15) is 103 Å². The van der Waals surface area contributed by atoms with Crippen molar-refractivity contribution in [2.75, 3.05) is 0 Å². The molecule has 0 unspecified atom stereocenters. The number of nitrogens with zero attached hydrogens (tertiary/aromatic N) is 1. The first-order chi connectivity index (χ1) is 10.9. The molecule has 1 nitrogen and oxygen atoms in total. The van der Waals surface area contributed by atoms with Crippen molar-refractivity contribution in [3.63, 3.8) is 0 Å². The molecule has 134 valence electrons. The predicted molar refractivity (Wildman–Crippen MR) is 101 cm³/mol. The molecule has 0 atom stereocenters. The van der Waals surface area contributed by atoms with Crippen molar-refractivity contribution in [3.05, 3.63) is 30.1 Å². The van der Waals surface area contributed by atoms with Crippen molar-refractivity contribution < 1.29 is 4.70 Å². The summed E-state index contributed by atoms with van der Waals surface area (Å²) < 4.78 is 0. The van der Waals surface area contributed by atoms with Gasteiger partial charge >= 0.3 is 0 Å². The third-order valence-electron chi connectivity index (χ3n) is 4.51. The molecule has 0 saturated carbocycles. The molecule has 2 heteroatoms. The number of unbranched alkanes of at least 4 members (excludes halogenated alkanes) is 13. The molecule has 0 bridgehead atoms. The highest BCUT2D eigenvalue weighted by Crippen LogP contribution is 2.13. The first-order valence-electron chi connectivity index (χ1n) is 9.83. The molecule has 0 aliphatic rings. The van der Waals surface area contributed by atoms with E-state index in [9.17, 15) is 0 Å². The van der Waals surface area contributed by atoms with Crippen LogP contribution in [0.4, 0.5) is 4.70 Å². The predicted octanol–water partition coefficient (Wildman–Crippen LogP) is 7.26. The molecule has 0 aromatic carbocycles. The lowest BCUT2D eigenvalue weighted by atomic mass is 10.0. The van der Waals surface area contributed by atoms with E-state index < -0.39 is 0 Å². The number of halogens is 1. The molecule has 0 saturated heterocycles. The standard InChI is InChI=1S/C21H37N.FH/c1-2-3-4-5-6-7-8-9-10-11-12-13-14-15-18-21-19-16-17-20-22-21;/h16-17,19-20H,2-15,18H2,1H3;1H. The first kappa shape index (κ1) is 22.1. The number of hydrogen-bond donors (Lipinski definition) is 0. The van der Waals surface area contributed by atoms with Gasteiger partial charge in [0.05, 0.1) is 0 Å². The number of hydrogen-bond acceptors (Lipinski definition) is 1. The summed E-state index contributed by atoms with van der Waals surface area (Å²) in [5, 5.41) is 0. The molecular formula is C21H38FN. The molecule has 0 aliphatic carbocycles. The maximum absolute atomic E-state index is 4.38. The molecule has 0 amide bonds. The van der Waals surface area contributed by atoms with Crippen LogP contribution in [-0.4, -0.2) is 4.98 Å². The van der Waals surface area contributed by atoms with Gasteiger partial charge in [0.2, 0.25) is 0 Å². The van der Waals surface area contributed by atoms with Crippen LogP contribution >= 0.6 is 0 Å². The van der Waals surface area contributed by atoms with E-state index in [2.05, 4.69) is 24.0 Å². The molecule has 0 spiro atoms. The molecule has 0 fully saturated rings. The van der Waals surface area contributed by atoms with Crippen LogP contribution in [0.3, 0.4) is 0 Å². The monoisotopic (exact) mass is 323 g/mol. The van der Waals surface area contributed by atoms with Gasteiger partial charge in [-0.1, -0.05) is 96.5 Å². The van der Waals surface area contributed by atoms with Crippen LogP contribution < -0.4 is 0 Å². The highest BCUT2D eigenvalue weighted by atomic mass is 19.0. The fraction of sp³-hybridized carbons (Fsp3) is 0.762. The summed E-state index contributed by atoms with van der Waals surface area (Å²) in [6.07, 6.45) is 23.0. The molecule has 0 radical (unpaired) electrons. The number of rotatable bonds is 15. The van der Waals surface area contributed by atoms with Gasteiger partial charge in [-0.2, -0.15) is 0 Å². The highest BCUT2D eigenvalue weighted by molar-refractivity contribution is 5.03. The van der Waals surface area contributed by atoms with E-state index in [0.717, 1.165) is 6.42 Å². The van der Waals surface area contributed by atoms with E-state index in [0.29, 0.717) is 0 Å². The van der Waals surface area contributed by atoms with Gasteiger partial charge in [-0.25, -0.2) is 0 Å².